The molecule has 0 saturated heterocycles. The van der Waals surface area contributed by atoms with E-state index in [4.69, 9.17) is 4.74 Å². The van der Waals surface area contributed by atoms with Crippen LogP contribution in [0.5, 0.6) is 5.75 Å². The molecule has 1 aliphatic heterocycles. The molecule has 0 spiro atoms. The molecule has 6 nitrogen and oxygen atoms in total. The average Bonchev–Trinajstić information content (AvgIpc) is 2.36. The van der Waals surface area contributed by atoms with E-state index in [0.29, 0.717) is 18.0 Å². The lowest BCUT2D eigenvalue weighted by Crippen LogP contribution is -2.42. The highest BCUT2D eigenvalue weighted by Crippen LogP contribution is 2.34. The molecular weight excluding hydrogens is 258 g/mol. The molecule has 1 aliphatic rings. The number of likely N-dealkylation sites (N-methyl/N-ethyl adjacent to an activating group) is 1. The minimum atomic E-state index is -0.138. The molecule has 0 bridgehead atoms. The number of fused-ring (bicyclic) bond motifs is 1. The number of nitrogens with one attached hydrogen (secondary N) is 1. The Hall–Kier alpha value is -2.08. The summed E-state index contributed by atoms with van der Waals surface area (Å²) in [6.45, 7) is 2.87. The minimum Gasteiger partial charge on any atom is -0.481 e. The van der Waals surface area contributed by atoms with E-state index in [0.717, 1.165) is 12.2 Å². The van der Waals surface area contributed by atoms with E-state index in [1.807, 2.05) is 19.0 Å². The summed E-state index contributed by atoms with van der Waals surface area (Å²) in [4.78, 5) is 26.7. The van der Waals surface area contributed by atoms with Crippen LogP contribution in [0.1, 0.15) is 6.92 Å². The third-order valence-electron chi connectivity index (χ3n) is 2.99. The maximum Gasteiger partial charge on any atom is 0.265 e. The van der Waals surface area contributed by atoms with Gasteiger partial charge in [0.25, 0.3) is 5.91 Å². The van der Waals surface area contributed by atoms with E-state index in [2.05, 4.69) is 5.32 Å². The van der Waals surface area contributed by atoms with Gasteiger partial charge in [-0.2, -0.15) is 0 Å². The zero-order valence-corrected chi connectivity index (χ0v) is 12.0. The maximum absolute atomic E-state index is 11.9. The summed E-state index contributed by atoms with van der Waals surface area (Å²) in [5.74, 6) is 0.433. The molecular formula is C14H19N3O3. The summed E-state index contributed by atoms with van der Waals surface area (Å²) in [6.07, 6.45) is 0. The van der Waals surface area contributed by atoms with E-state index >= 15 is 0 Å². The van der Waals surface area contributed by atoms with Crippen LogP contribution in [0.3, 0.4) is 0 Å². The van der Waals surface area contributed by atoms with Gasteiger partial charge in [0.05, 0.1) is 5.69 Å². The van der Waals surface area contributed by atoms with Crippen LogP contribution in [0.2, 0.25) is 0 Å². The van der Waals surface area contributed by atoms with Gasteiger partial charge >= 0.3 is 0 Å². The number of hydrogen-bond acceptors (Lipinski definition) is 4. The first-order valence-electron chi connectivity index (χ1n) is 6.47. The smallest absolute Gasteiger partial charge is 0.265 e. The van der Waals surface area contributed by atoms with Gasteiger partial charge in [0.1, 0.15) is 5.75 Å². The molecule has 0 atom stereocenters. The quantitative estimate of drug-likeness (QED) is 0.889. The number of nitrogens with zero attached hydrogens (tertiary/aromatic N) is 2. The summed E-state index contributed by atoms with van der Waals surface area (Å²) in [5.41, 5.74) is 1.41. The number of amides is 2. The van der Waals surface area contributed by atoms with Crippen molar-refractivity contribution in [2.24, 2.45) is 0 Å². The van der Waals surface area contributed by atoms with Crippen LogP contribution in [0.25, 0.3) is 0 Å². The van der Waals surface area contributed by atoms with E-state index < -0.39 is 0 Å². The topological polar surface area (TPSA) is 61.9 Å². The van der Waals surface area contributed by atoms with Crippen LogP contribution < -0.4 is 15.0 Å². The predicted octanol–water partition coefficient (Wildman–Crippen LogP) is 0.932. The van der Waals surface area contributed by atoms with Gasteiger partial charge in [0.2, 0.25) is 5.91 Å². The fraction of sp³-hybridized carbons (Fsp3) is 0.429. The Morgan fingerprint density at radius 2 is 2.20 bits per heavy atom. The molecule has 0 fully saturated rings. The molecule has 0 unspecified atom stereocenters. The summed E-state index contributed by atoms with van der Waals surface area (Å²) in [5, 5.41) is 2.70. The molecule has 0 aromatic heterocycles. The Kier molecular flexibility index (Phi) is 4.24. The Balaban J connectivity index is 2.22. The number of anilines is 2. The molecule has 6 heteroatoms. The van der Waals surface area contributed by atoms with Crippen molar-refractivity contribution in [3.63, 3.8) is 0 Å². The molecule has 108 valence electrons. The van der Waals surface area contributed by atoms with Crippen molar-refractivity contribution in [1.29, 1.82) is 0 Å². The highest BCUT2D eigenvalue weighted by molar-refractivity contribution is 5.98. The first-order chi connectivity index (χ1) is 9.47. The fourth-order valence-corrected chi connectivity index (χ4v) is 2.03. The molecule has 1 heterocycles. The van der Waals surface area contributed by atoms with Crippen LogP contribution in [0.15, 0.2) is 18.2 Å². The van der Waals surface area contributed by atoms with Crippen molar-refractivity contribution in [1.82, 2.24) is 4.90 Å². The monoisotopic (exact) mass is 277 g/mol. The maximum atomic E-state index is 11.9. The van der Waals surface area contributed by atoms with E-state index in [1.54, 1.807) is 23.1 Å². The normalized spacial score (nSPS) is 14.0. The van der Waals surface area contributed by atoms with Crippen molar-refractivity contribution in [2.75, 3.05) is 44.0 Å². The van der Waals surface area contributed by atoms with Gasteiger partial charge in [-0.15, -0.1) is 0 Å². The third-order valence-corrected chi connectivity index (χ3v) is 2.99. The molecule has 1 N–H and O–H groups in total. The predicted molar refractivity (Wildman–Crippen MR) is 77.1 cm³/mol. The molecule has 0 saturated carbocycles. The van der Waals surface area contributed by atoms with Gasteiger partial charge in [-0.3, -0.25) is 9.59 Å². The average molecular weight is 277 g/mol. The molecule has 0 aliphatic carbocycles. The standard InChI is InChI=1S/C14H19N3O3/c1-10(18)15-11-4-5-12-13(8-11)20-9-14(19)17(12)7-6-16(2)3/h4-5,8H,6-7,9H2,1-3H3,(H,15,18). The van der Waals surface area contributed by atoms with Crippen molar-refractivity contribution >= 4 is 23.2 Å². The lowest BCUT2D eigenvalue weighted by Gasteiger charge is -2.30. The van der Waals surface area contributed by atoms with E-state index in [-0.39, 0.29) is 18.4 Å². The molecule has 2 rings (SSSR count). The summed E-state index contributed by atoms with van der Waals surface area (Å²) < 4.78 is 5.44. The molecule has 2 amide bonds. The van der Waals surface area contributed by atoms with Gasteiger partial charge in [-0.05, 0) is 26.2 Å². The van der Waals surface area contributed by atoms with Crippen molar-refractivity contribution < 1.29 is 14.3 Å². The minimum absolute atomic E-state index is 0.0317. The molecule has 0 radical (unpaired) electrons. The Morgan fingerprint density at radius 1 is 1.45 bits per heavy atom. The van der Waals surface area contributed by atoms with Crippen LogP contribution in [-0.4, -0.2) is 50.5 Å². The zero-order valence-electron chi connectivity index (χ0n) is 12.0. The van der Waals surface area contributed by atoms with E-state index in [1.165, 1.54) is 6.92 Å². The van der Waals surface area contributed by atoms with Crippen LogP contribution in [0.4, 0.5) is 11.4 Å². The Bertz CT molecular complexity index is 528. The fourth-order valence-electron chi connectivity index (χ4n) is 2.03. The Morgan fingerprint density at radius 3 is 2.85 bits per heavy atom. The van der Waals surface area contributed by atoms with Gasteiger partial charge < -0.3 is 19.9 Å². The van der Waals surface area contributed by atoms with Crippen LogP contribution in [-0.2, 0) is 9.59 Å². The summed E-state index contributed by atoms with van der Waals surface area (Å²) >= 11 is 0. The van der Waals surface area contributed by atoms with Crippen molar-refractivity contribution in [3.8, 4) is 5.75 Å². The highest BCUT2D eigenvalue weighted by Gasteiger charge is 2.25. The lowest BCUT2D eigenvalue weighted by atomic mass is 10.2. The van der Waals surface area contributed by atoms with Gasteiger partial charge in [0, 0.05) is 31.8 Å². The second kappa shape index (κ2) is 5.92. The molecule has 20 heavy (non-hydrogen) atoms. The SMILES string of the molecule is CC(=O)Nc1ccc2c(c1)OCC(=O)N2CCN(C)C. The van der Waals surface area contributed by atoms with Gasteiger partial charge in [-0.1, -0.05) is 0 Å². The second-order valence-corrected chi connectivity index (χ2v) is 5.00. The largest absolute Gasteiger partial charge is 0.481 e. The second-order valence-electron chi connectivity index (χ2n) is 5.00. The van der Waals surface area contributed by atoms with Crippen LogP contribution in [0, 0.1) is 0 Å². The van der Waals surface area contributed by atoms with E-state index in [9.17, 15) is 9.59 Å². The van der Waals surface area contributed by atoms with Crippen molar-refractivity contribution in [2.45, 2.75) is 6.92 Å². The lowest BCUT2D eigenvalue weighted by molar-refractivity contribution is -0.121. The number of benzene rings is 1. The number of carbonyl (C=O) groups excluding carboxylic acids is 2. The number of carbonyl (C=O) groups is 2. The van der Waals surface area contributed by atoms with Crippen molar-refractivity contribution in [3.05, 3.63) is 18.2 Å². The number of ether oxygens (including phenoxy) is 1. The number of rotatable bonds is 4. The summed E-state index contributed by atoms with van der Waals surface area (Å²) in [6, 6.07) is 5.31. The van der Waals surface area contributed by atoms with Crippen LogP contribution >= 0.6 is 0 Å². The molecule has 1 aromatic rings. The zero-order chi connectivity index (χ0) is 14.7. The van der Waals surface area contributed by atoms with Gasteiger partial charge in [0.15, 0.2) is 6.61 Å². The Labute approximate surface area is 118 Å². The van der Waals surface area contributed by atoms with Gasteiger partial charge in [-0.25, -0.2) is 0 Å². The highest BCUT2D eigenvalue weighted by atomic mass is 16.5. The molecule has 1 aromatic carbocycles. The number of hydrogen-bond donors (Lipinski definition) is 1. The summed E-state index contributed by atoms with van der Waals surface area (Å²) in [7, 11) is 3.93. The first kappa shape index (κ1) is 14.3. The third kappa shape index (κ3) is 3.27. The first-order valence-corrected chi connectivity index (χ1v) is 6.47.